The first-order valence-corrected chi connectivity index (χ1v) is 11.7. The first kappa shape index (κ1) is 28.0. The van der Waals surface area contributed by atoms with Crippen molar-refractivity contribution in [3.05, 3.63) is 51.2 Å². The average molecular weight is 534 g/mol. The molecular weight excluding hydrogens is 506 g/mol. The minimum absolute atomic E-state index is 0.0338. The van der Waals surface area contributed by atoms with Gasteiger partial charge in [-0.25, -0.2) is 9.18 Å². The lowest BCUT2D eigenvalue weighted by Crippen LogP contribution is -2.37. The molecule has 1 aliphatic rings. The van der Waals surface area contributed by atoms with E-state index in [1.807, 2.05) is 0 Å². The van der Waals surface area contributed by atoms with Gasteiger partial charge in [0.15, 0.2) is 0 Å². The Balaban J connectivity index is 2.22. The van der Waals surface area contributed by atoms with E-state index in [2.05, 4.69) is 0 Å². The van der Waals surface area contributed by atoms with Crippen LogP contribution in [0.15, 0.2) is 29.2 Å². The molecule has 1 aromatic carbocycles. The summed E-state index contributed by atoms with van der Waals surface area (Å²) >= 11 is 5.93. The number of carbonyl (C=O) groups excluding carboxylic acids is 1. The summed E-state index contributed by atoms with van der Waals surface area (Å²) < 4.78 is 73.5. The summed E-state index contributed by atoms with van der Waals surface area (Å²) in [6.45, 7) is 5.91. The minimum Gasteiger partial charge on any atom is -0.491 e. The fourth-order valence-electron chi connectivity index (χ4n) is 3.96. The van der Waals surface area contributed by atoms with Crippen molar-refractivity contribution in [2.24, 2.45) is 5.92 Å². The molecule has 0 radical (unpaired) electrons. The molecule has 6 nitrogen and oxygen atoms in total. The second kappa shape index (κ2) is 10.4. The number of hydrogen-bond acceptors (Lipinski definition) is 5. The van der Waals surface area contributed by atoms with Crippen LogP contribution in [0.4, 0.5) is 17.6 Å². The average Bonchev–Trinajstić information content (AvgIpc) is 2.74. The lowest BCUT2D eigenvalue weighted by molar-refractivity contribution is -0.181. The smallest absolute Gasteiger partial charge is 0.395 e. The van der Waals surface area contributed by atoms with Gasteiger partial charge in [0, 0.05) is 30.7 Å². The summed E-state index contributed by atoms with van der Waals surface area (Å²) in [5, 5.41) is -0.312. The van der Waals surface area contributed by atoms with E-state index in [1.54, 1.807) is 27.7 Å². The highest BCUT2D eigenvalue weighted by molar-refractivity contribution is 6.31. The Kier molecular flexibility index (Phi) is 8.10. The number of fused-ring (bicyclic) bond motifs is 3. The molecule has 198 valence electrons. The summed E-state index contributed by atoms with van der Waals surface area (Å²) in [6.07, 6.45) is -4.49. The molecule has 0 N–H and O–H groups in total. The number of hydrogen-bond donors (Lipinski definition) is 0. The van der Waals surface area contributed by atoms with Gasteiger partial charge in [-0.3, -0.25) is 9.36 Å². The Morgan fingerprint density at radius 2 is 1.94 bits per heavy atom. The molecule has 1 unspecified atom stereocenters. The lowest BCUT2D eigenvalue weighted by Gasteiger charge is -2.29. The first-order chi connectivity index (χ1) is 16.6. The molecule has 11 heteroatoms. The minimum atomic E-state index is -4.62. The predicted octanol–water partition coefficient (Wildman–Crippen LogP) is 5.73. The number of methoxy groups -OCH3 is 1. The Bertz CT molecular complexity index is 1190. The van der Waals surface area contributed by atoms with Gasteiger partial charge in [-0.05, 0) is 45.7 Å². The fraction of sp³-hybridized carbons (Fsp3) is 0.520. The van der Waals surface area contributed by atoms with Gasteiger partial charge in [-0.1, -0.05) is 17.7 Å². The predicted molar refractivity (Wildman–Crippen MR) is 126 cm³/mol. The van der Waals surface area contributed by atoms with Crippen LogP contribution >= 0.6 is 11.6 Å². The van der Waals surface area contributed by atoms with Crippen LogP contribution in [0, 0.1) is 11.7 Å². The molecule has 1 aromatic heterocycles. The molecule has 3 rings (SSSR count). The third kappa shape index (κ3) is 6.21. The number of rotatable bonds is 5. The molecule has 3 atom stereocenters. The highest BCUT2D eigenvalue weighted by Crippen LogP contribution is 2.42. The number of alkyl halides is 3. The van der Waals surface area contributed by atoms with E-state index in [4.69, 9.17) is 25.8 Å². The van der Waals surface area contributed by atoms with Gasteiger partial charge in [-0.15, -0.1) is 0 Å². The second-order valence-electron chi connectivity index (χ2n) is 9.78. The molecule has 36 heavy (non-hydrogen) atoms. The van der Waals surface area contributed by atoms with Crippen molar-refractivity contribution in [1.82, 2.24) is 4.57 Å². The molecular formula is C25H28ClF4NO5. The van der Waals surface area contributed by atoms with Crippen molar-refractivity contribution >= 4 is 17.6 Å². The molecule has 2 heterocycles. The molecule has 0 bridgehead atoms. The zero-order valence-electron chi connectivity index (χ0n) is 20.5. The maximum Gasteiger partial charge on any atom is 0.395 e. The van der Waals surface area contributed by atoms with Crippen LogP contribution in [0.2, 0.25) is 5.02 Å². The van der Waals surface area contributed by atoms with E-state index in [0.717, 1.165) is 16.8 Å². The maximum atomic E-state index is 15.2. The van der Waals surface area contributed by atoms with Crippen molar-refractivity contribution < 1.29 is 36.6 Å². The third-order valence-electron chi connectivity index (χ3n) is 5.84. The number of esters is 1. The van der Waals surface area contributed by atoms with Gasteiger partial charge in [-0.2, -0.15) is 13.2 Å². The number of aromatic nitrogens is 1. The molecule has 0 fully saturated rings. The van der Waals surface area contributed by atoms with Gasteiger partial charge in [0.1, 0.15) is 29.8 Å². The molecule has 1 aliphatic heterocycles. The van der Waals surface area contributed by atoms with Crippen LogP contribution in [0.3, 0.4) is 0 Å². The van der Waals surface area contributed by atoms with Gasteiger partial charge in [0.2, 0.25) is 0 Å². The van der Waals surface area contributed by atoms with Crippen molar-refractivity contribution in [2.45, 2.75) is 64.5 Å². The molecule has 0 saturated carbocycles. The summed E-state index contributed by atoms with van der Waals surface area (Å²) in [6, 6.07) is 2.35. The van der Waals surface area contributed by atoms with Crippen molar-refractivity contribution in [1.29, 1.82) is 0 Å². The Morgan fingerprint density at radius 3 is 2.53 bits per heavy atom. The van der Waals surface area contributed by atoms with E-state index in [-0.39, 0.29) is 33.9 Å². The SMILES string of the molecule is CO[C@H](C)CC(C(=O)OC(C)(C)C)n1cc2c(cc1=O)-c1c(ccc(Cl)c1F)C[C@@H](C(F)(F)F)CO2. The van der Waals surface area contributed by atoms with E-state index in [0.29, 0.717) is 0 Å². The van der Waals surface area contributed by atoms with Gasteiger partial charge in [0.25, 0.3) is 5.56 Å². The van der Waals surface area contributed by atoms with Crippen LogP contribution < -0.4 is 10.3 Å². The number of carbonyl (C=O) groups is 1. The molecule has 0 aliphatic carbocycles. The maximum absolute atomic E-state index is 15.2. The van der Waals surface area contributed by atoms with Gasteiger partial charge in [0.05, 0.1) is 23.2 Å². The zero-order chi connectivity index (χ0) is 27.0. The largest absolute Gasteiger partial charge is 0.491 e. The topological polar surface area (TPSA) is 66.8 Å². The highest BCUT2D eigenvalue weighted by atomic mass is 35.5. The summed E-state index contributed by atoms with van der Waals surface area (Å²) in [5.74, 6) is -3.82. The van der Waals surface area contributed by atoms with Crippen molar-refractivity contribution in [2.75, 3.05) is 13.7 Å². The quantitative estimate of drug-likeness (QED) is 0.363. The van der Waals surface area contributed by atoms with Crippen LogP contribution in [0.5, 0.6) is 5.75 Å². The van der Waals surface area contributed by atoms with Gasteiger partial charge < -0.3 is 14.2 Å². The summed E-state index contributed by atoms with van der Waals surface area (Å²) in [5.41, 5.74) is -1.81. The molecule has 0 spiro atoms. The highest BCUT2D eigenvalue weighted by Gasteiger charge is 2.42. The zero-order valence-corrected chi connectivity index (χ0v) is 21.3. The van der Waals surface area contributed by atoms with Crippen LogP contribution in [0.25, 0.3) is 11.1 Å². The number of pyridine rings is 1. The fourth-order valence-corrected chi connectivity index (χ4v) is 4.12. The normalized spacial score (nSPS) is 17.7. The number of halogens is 5. The molecule has 2 aromatic rings. The standard InChI is InChI=1S/C25H28ClF4NO5/c1-13(34-5)8-18(23(33)36-24(2,3)4)31-11-19-16(10-20(31)32)21-14(6-7-17(26)22(21)27)9-15(12-35-19)25(28,29)30/h6-7,10-11,13,15,18H,8-9,12H2,1-5H3/t13-,15-,18?/m1/s1. The third-order valence-corrected chi connectivity index (χ3v) is 6.13. The van der Waals surface area contributed by atoms with Crippen molar-refractivity contribution in [3.8, 4) is 16.9 Å². The number of benzene rings is 1. The van der Waals surface area contributed by atoms with E-state index in [9.17, 15) is 22.8 Å². The van der Waals surface area contributed by atoms with Gasteiger partial charge >= 0.3 is 12.1 Å². The van der Waals surface area contributed by atoms with Crippen molar-refractivity contribution in [3.63, 3.8) is 0 Å². The molecule has 0 saturated heterocycles. The first-order valence-electron chi connectivity index (χ1n) is 11.3. The van der Waals surface area contributed by atoms with E-state index >= 15 is 4.39 Å². The van der Waals surface area contributed by atoms with Crippen LogP contribution in [-0.4, -0.2) is 42.1 Å². The Labute approximate surface area is 211 Å². The van der Waals surface area contributed by atoms with Crippen LogP contribution in [-0.2, 0) is 20.7 Å². The van der Waals surface area contributed by atoms with E-state index in [1.165, 1.54) is 19.2 Å². The lowest BCUT2D eigenvalue weighted by atomic mass is 9.90. The Morgan fingerprint density at radius 1 is 1.28 bits per heavy atom. The Hall–Kier alpha value is -2.59. The number of nitrogens with zero attached hydrogens (tertiary/aromatic N) is 1. The van der Waals surface area contributed by atoms with Crippen LogP contribution in [0.1, 0.15) is 45.7 Å². The second-order valence-corrected chi connectivity index (χ2v) is 10.2. The number of ether oxygens (including phenoxy) is 3. The molecule has 0 amide bonds. The summed E-state index contributed by atoms with van der Waals surface area (Å²) in [4.78, 5) is 26.3. The monoisotopic (exact) mass is 533 g/mol. The summed E-state index contributed by atoms with van der Waals surface area (Å²) in [7, 11) is 1.43. The van der Waals surface area contributed by atoms with E-state index < -0.39 is 60.2 Å².